The Morgan fingerprint density at radius 3 is 2.63 bits per heavy atom. The van der Waals surface area contributed by atoms with Crippen molar-refractivity contribution < 1.29 is 0 Å². The maximum Gasteiger partial charge on any atom is 0.121 e. The van der Waals surface area contributed by atoms with Gasteiger partial charge in [0.15, 0.2) is 0 Å². The maximum atomic E-state index is 4.21. The van der Waals surface area contributed by atoms with Gasteiger partial charge >= 0.3 is 0 Å². The first-order valence-corrected chi connectivity index (χ1v) is 8.63. The van der Waals surface area contributed by atoms with Crippen molar-refractivity contribution in [3.63, 3.8) is 0 Å². The molecule has 0 aliphatic heterocycles. The van der Waals surface area contributed by atoms with Crippen LogP contribution in [0, 0.1) is 6.20 Å². The van der Waals surface area contributed by atoms with Crippen LogP contribution in [0.25, 0.3) is 55.0 Å². The first-order valence-electron chi connectivity index (χ1n) is 8.63. The number of rotatable bonds is 2. The van der Waals surface area contributed by atoms with E-state index in [1.165, 1.54) is 0 Å². The quantitative estimate of drug-likeness (QED) is 0.432. The molecule has 0 aliphatic carbocycles. The van der Waals surface area contributed by atoms with E-state index in [1.54, 1.807) is 0 Å². The molecule has 3 aromatic carbocycles. The third kappa shape index (κ3) is 2.04. The number of benzene rings is 3. The molecule has 3 heterocycles. The molecule has 6 rings (SSSR count). The highest BCUT2D eigenvalue weighted by molar-refractivity contribution is 6.07. The lowest BCUT2D eigenvalue weighted by molar-refractivity contribution is 1.11. The van der Waals surface area contributed by atoms with Gasteiger partial charge in [0, 0.05) is 21.7 Å². The Labute approximate surface area is 153 Å². The summed E-state index contributed by atoms with van der Waals surface area (Å²) in [5, 5.41) is 24.7. The molecule has 0 bridgehead atoms. The number of aromatic amines is 3. The fourth-order valence-electron chi connectivity index (χ4n) is 3.78. The number of aromatic nitrogens is 6. The highest BCUT2D eigenvalue weighted by Crippen LogP contribution is 2.40. The summed E-state index contributed by atoms with van der Waals surface area (Å²) in [4.78, 5) is 0. The van der Waals surface area contributed by atoms with Crippen molar-refractivity contribution in [3.05, 3.63) is 67.1 Å². The van der Waals surface area contributed by atoms with Crippen LogP contribution in [0.1, 0.15) is 0 Å². The van der Waals surface area contributed by atoms with Crippen molar-refractivity contribution in [1.82, 2.24) is 30.6 Å². The fraction of sp³-hybridized carbons (Fsp3) is 0. The van der Waals surface area contributed by atoms with Gasteiger partial charge in [0.05, 0.1) is 28.9 Å². The lowest BCUT2D eigenvalue weighted by Crippen LogP contribution is -1.88. The molecule has 1 radical (unpaired) electrons. The van der Waals surface area contributed by atoms with Gasteiger partial charge in [-0.1, -0.05) is 24.3 Å². The molecule has 0 aliphatic rings. The minimum absolute atomic E-state index is 0.959. The molecule has 3 aromatic heterocycles. The molecular formula is C21H13N6. The summed E-state index contributed by atoms with van der Waals surface area (Å²) in [5.74, 6) is 0. The van der Waals surface area contributed by atoms with E-state index in [2.05, 4.69) is 67.1 Å². The largest absolute Gasteiger partial charge is 0.278 e. The molecule has 0 unspecified atom stereocenters. The van der Waals surface area contributed by atoms with Crippen LogP contribution in [-0.4, -0.2) is 30.6 Å². The molecule has 6 nitrogen and oxygen atoms in total. The van der Waals surface area contributed by atoms with Crippen LogP contribution in [0.15, 0.2) is 60.9 Å². The summed E-state index contributed by atoms with van der Waals surface area (Å²) >= 11 is 0. The van der Waals surface area contributed by atoms with E-state index < -0.39 is 0 Å². The first-order chi connectivity index (χ1) is 13.4. The predicted molar refractivity (Wildman–Crippen MR) is 105 cm³/mol. The van der Waals surface area contributed by atoms with Crippen LogP contribution in [0.4, 0.5) is 0 Å². The van der Waals surface area contributed by atoms with E-state index in [9.17, 15) is 0 Å². The van der Waals surface area contributed by atoms with Crippen molar-refractivity contribution >= 4 is 32.7 Å². The molecule has 0 spiro atoms. The van der Waals surface area contributed by atoms with Crippen LogP contribution in [-0.2, 0) is 0 Å². The number of nitrogens with zero attached hydrogens (tertiary/aromatic N) is 3. The van der Waals surface area contributed by atoms with Gasteiger partial charge in [0.2, 0.25) is 0 Å². The first kappa shape index (κ1) is 14.3. The van der Waals surface area contributed by atoms with Crippen LogP contribution < -0.4 is 0 Å². The minimum Gasteiger partial charge on any atom is -0.278 e. The van der Waals surface area contributed by atoms with E-state index in [0.29, 0.717) is 0 Å². The molecule has 0 fully saturated rings. The van der Waals surface area contributed by atoms with E-state index >= 15 is 0 Å². The zero-order valence-electron chi connectivity index (χ0n) is 14.1. The zero-order valence-corrected chi connectivity index (χ0v) is 14.1. The van der Waals surface area contributed by atoms with Crippen LogP contribution >= 0.6 is 0 Å². The van der Waals surface area contributed by atoms with Crippen LogP contribution in [0.2, 0.25) is 0 Å². The summed E-state index contributed by atoms with van der Waals surface area (Å²) in [5.41, 5.74) is 7.43. The molecule has 27 heavy (non-hydrogen) atoms. The third-order valence-electron chi connectivity index (χ3n) is 5.05. The van der Waals surface area contributed by atoms with Crippen molar-refractivity contribution in [3.8, 4) is 22.3 Å². The summed E-state index contributed by atoms with van der Waals surface area (Å²) in [6, 6.07) is 16.7. The fourth-order valence-corrected chi connectivity index (χ4v) is 3.78. The Hall–Kier alpha value is -3.93. The molecular weight excluding hydrogens is 336 g/mol. The summed E-state index contributed by atoms with van der Waals surface area (Å²) in [6.45, 7) is 0. The Morgan fingerprint density at radius 1 is 0.741 bits per heavy atom. The molecule has 3 N–H and O–H groups in total. The van der Waals surface area contributed by atoms with Gasteiger partial charge in [-0.05, 0) is 41.0 Å². The highest BCUT2D eigenvalue weighted by atomic mass is 15.1. The Morgan fingerprint density at radius 2 is 1.63 bits per heavy atom. The van der Waals surface area contributed by atoms with Gasteiger partial charge in [0.25, 0.3) is 0 Å². The Balaban J connectivity index is 1.73. The maximum absolute atomic E-state index is 4.21. The summed E-state index contributed by atoms with van der Waals surface area (Å²) < 4.78 is 0. The molecule has 6 heteroatoms. The lowest BCUT2D eigenvalue weighted by atomic mass is 9.90. The topological polar surface area (TPSA) is 86.0 Å². The van der Waals surface area contributed by atoms with Crippen LogP contribution in [0.5, 0.6) is 0 Å². The van der Waals surface area contributed by atoms with Gasteiger partial charge in [0.1, 0.15) is 6.20 Å². The molecule has 0 saturated heterocycles. The number of hydrogen-bond acceptors (Lipinski definition) is 3. The number of hydrogen-bond donors (Lipinski definition) is 3. The average Bonchev–Trinajstić information content (AvgIpc) is 3.45. The van der Waals surface area contributed by atoms with E-state index in [4.69, 9.17) is 0 Å². The van der Waals surface area contributed by atoms with E-state index in [1.807, 2.05) is 30.6 Å². The number of fused-ring (bicyclic) bond motifs is 3. The average molecular weight is 349 g/mol. The smallest absolute Gasteiger partial charge is 0.121 e. The van der Waals surface area contributed by atoms with Gasteiger partial charge in [-0.2, -0.15) is 15.3 Å². The standard InChI is InChI=1S/C21H13N6/c1-2-14(16-10-23-26-19(16)3-1)15-5-7-20-17(11-24-27-20)21(15)12-4-6-18-13(8-12)9-22-25-18/h1-10H,(H,22,25)(H,23,26)(H,24,27). The van der Waals surface area contributed by atoms with Gasteiger partial charge in [-0.15, -0.1) is 0 Å². The molecule has 127 valence electrons. The van der Waals surface area contributed by atoms with Crippen molar-refractivity contribution in [2.75, 3.05) is 0 Å². The lowest BCUT2D eigenvalue weighted by Gasteiger charge is -2.13. The number of nitrogens with one attached hydrogen (secondary N) is 3. The second-order valence-electron chi connectivity index (χ2n) is 6.55. The second kappa shape index (κ2) is 5.28. The highest BCUT2D eigenvalue weighted by Gasteiger charge is 2.16. The van der Waals surface area contributed by atoms with Crippen molar-refractivity contribution in [1.29, 1.82) is 0 Å². The molecule has 0 atom stereocenters. The number of H-pyrrole nitrogens is 3. The van der Waals surface area contributed by atoms with Crippen molar-refractivity contribution in [2.45, 2.75) is 0 Å². The monoisotopic (exact) mass is 349 g/mol. The summed E-state index contributed by atoms with van der Waals surface area (Å²) in [7, 11) is 0. The van der Waals surface area contributed by atoms with Gasteiger partial charge < -0.3 is 0 Å². The molecule has 0 amide bonds. The third-order valence-corrected chi connectivity index (χ3v) is 5.05. The minimum atomic E-state index is 0.959. The second-order valence-corrected chi connectivity index (χ2v) is 6.55. The van der Waals surface area contributed by atoms with E-state index in [0.717, 1.165) is 55.0 Å². The normalized spacial score (nSPS) is 11.7. The Kier molecular flexibility index (Phi) is 2.79. The van der Waals surface area contributed by atoms with Crippen molar-refractivity contribution in [2.24, 2.45) is 0 Å². The Bertz CT molecular complexity index is 1440. The predicted octanol–water partition coefficient (Wildman–Crippen LogP) is 4.45. The zero-order chi connectivity index (χ0) is 17.8. The molecule has 6 aromatic rings. The summed E-state index contributed by atoms with van der Waals surface area (Å²) in [6.07, 6.45) is 6.84. The van der Waals surface area contributed by atoms with Gasteiger partial charge in [-0.3, -0.25) is 15.3 Å². The van der Waals surface area contributed by atoms with E-state index in [-0.39, 0.29) is 0 Å². The van der Waals surface area contributed by atoms with Crippen LogP contribution in [0.3, 0.4) is 0 Å². The SMILES string of the molecule is [c]1n[nH]c2ccc(-c3cccc4[nH]ncc34)c(-c3ccc4[nH]ncc4c3)c12. The van der Waals surface area contributed by atoms with Gasteiger partial charge in [-0.25, -0.2) is 0 Å². The molecule has 0 saturated carbocycles.